The van der Waals surface area contributed by atoms with Crippen molar-refractivity contribution in [3.8, 4) is 0 Å². The number of nitrogens with one attached hydrogen (secondary N) is 1. The molecule has 4 heteroatoms. The largest absolute Gasteiger partial charge is 0.374 e. The molecule has 0 atom stereocenters. The van der Waals surface area contributed by atoms with Gasteiger partial charge in [-0.05, 0) is 0 Å². The molecule has 1 N–H and O–H groups in total. The molecule has 0 aromatic carbocycles. The summed E-state index contributed by atoms with van der Waals surface area (Å²) in [6.45, 7) is 0. The Morgan fingerprint density at radius 3 is 2.00 bits per heavy atom. The second-order valence-corrected chi connectivity index (χ2v) is 1.71. The van der Waals surface area contributed by atoms with Gasteiger partial charge >= 0.3 is 0 Å². The molecule has 0 rings (SSSR count). The second-order valence-electron chi connectivity index (χ2n) is 0.555. The summed E-state index contributed by atoms with van der Waals surface area (Å²) in [5, 5.41) is 2.62. The predicted octanol–water partition coefficient (Wildman–Crippen LogP) is 0.0397. The van der Waals surface area contributed by atoms with Crippen LogP contribution in [0.1, 0.15) is 0 Å². The molecule has 0 amide bonds. The van der Waals surface area contributed by atoms with E-state index < -0.39 is 0 Å². The minimum Gasteiger partial charge on any atom is -0.374 e. The second kappa shape index (κ2) is 6.50. The third-order valence-corrected chi connectivity index (χ3v) is 0.642. The van der Waals surface area contributed by atoms with Gasteiger partial charge in [-0.2, -0.15) is 0 Å². The molecular formula is C2H5CaNS2. The standard InChI is InChI=1S/C2H5NS2.Ca/c1-3-2(4)5;/h1H3,(H2,3,4,5);. The van der Waals surface area contributed by atoms with Crippen molar-refractivity contribution in [2.24, 2.45) is 0 Å². The van der Waals surface area contributed by atoms with Crippen LogP contribution in [0, 0.1) is 0 Å². The number of hydrogen-bond donors (Lipinski definition) is 2. The smallest absolute Gasteiger partial charge is 0.130 e. The molecule has 6 heavy (non-hydrogen) atoms. The van der Waals surface area contributed by atoms with Crippen LogP contribution in [-0.4, -0.2) is 49.1 Å². The van der Waals surface area contributed by atoms with Crippen LogP contribution >= 0.6 is 24.8 Å². The van der Waals surface area contributed by atoms with Gasteiger partial charge < -0.3 is 5.32 Å². The van der Waals surface area contributed by atoms with Crippen LogP contribution in [-0.2, 0) is 0 Å². The SMILES string of the molecule is CNC(=S)S.[Ca]. The fraction of sp³-hybridized carbons (Fsp3) is 0.500. The average Bonchev–Trinajstić information content (AvgIpc) is 1.38. The maximum atomic E-state index is 4.45. The molecule has 0 heterocycles. The van der Waals surface area contributed by atoms with Gasteiger partial charge in [0.1, 0.15) is 4.32 Å². The molecule has 0 aliphatic heterocycles. The van der Waals surface area contributed by atoms with Gasteiger partial charge in [-0.25, -0.2) is 0 Å². The van der Waals surface area contributed by atoms with Crippen molar-refractivity contribution >= 4 is 66.9 Å². The minimum atomic E-state index is 0. The van der Waals surface area contributed by atoms with E-state index in [1.54, 1.807) is 7.05 Å². The molecule has 0 spiro atoms. The summed E-state index contributed by atoms with van der Waals surface area (Å²) in [7, 11) is 1.73. The summed E-state index contributed by atoms with van der Waals surface area (Å²) in [4.78, 5) is 0. The van der Waals surface area contributed by atoms with Gasteiger partial charge in [0.05, 0.1) is 0 Å². The summed E-state index contributed by atoms with van der Waals surface area (Å²) < 4.78 is 0.532. The Bertz CT molecular complexity index is 46.8. The van der Waals surface area contributed by atoms with E-state index in [2.05, 4.69) is 30.2 Å². The van der Waals surface area contributed by atoms with Crippen molar-refractivity contribution in [3.05, 3.63) is 0 Å². The first kappa shape index (κ1) is 10.5. The Morgan fingerprint density at radius 1 is 1.83 bits per heavy atom. The van der Waals surface area contributed by atoms with Crippen LogP contribution in [0.5, 0.6) is 0 Å². The van der Waals surface area contributed by atoms with Crippen molar-refractivity contribution in [1.29, 1.82) is 0 Å². The molecule has 0 bridgehead atoms. The van der Waals surface area contributed by atoms with Crippen LogP contribution in [0.3, 0.4) is 0 Å². The normalized spacial score (nSPS) is 5.67. The zero-order chi connectivity index (χ0) is 4.28. The van der Waals surface area contributed by atoms with E-state index in [0.717, 1.165) is 0 Å². The average molecular weight is 147 g/mol. The fourth-order valence-corrected chi connectivity index (χ4v) is 0. The summed E-state index contributed by atoms with van der Waals surface area (Å²) in [5.41, 5.74) is 0. The minimum absolute atomic E-state index is 0. The fourth-order valence-electron chi connectivity index (χ4n) is 0. The first-order valence-corrected chi connectivity index (χ1v) is 2.03. The zero-order valence-electron chi connectivity index (χ0n) is 3.56. The van der Waals surface area contributed by atoms with Crippen LogP contribution < -0.4 is 5.32 Å². The summed E-state index contributed by atoms with van der Waals surface area (Å²) in [6.07, 6.45) is 0. The van der Waals surface area contributed by atoms with E-state index in [0.29, 0.717) is 4.32 Å². The van der Waals surface area contributed by atoms with Crippen LogP contribution in [0.25, 0.3) is 0 Å². The van der Waals surface area contributed by atoms with E-state index in [1.807, 2.05) is 0 Å². The maximum absolute atomic E-state index is 4.45. The van der Waals surface area contributed by atoms with Crippen LogP contribution in [0.2, 0.25) is 0 Å². The molecule has 0 aliphatic rings. The molecule has 0 saturated carbocycles. The van der Waals surface area contributed by atoms with Gasteiger partial charge in [0.25, 0.3) is 0 Å². The molecule has 32 valence electrons. The predicted molar refractivity (Wildman–Crippen MR) is 36.4 cm³/mol. The molecule has 0 aromatic heterocycles. The zero-order valence-corrected chi connectivity index (χ0v) is 7.48. The number of hydrogen-bond acceptors (Lipinski definition) is 1. The topological polar surface area (TPSA) is 12.0 Å². The van der Waals surface area contributed by atoms with Crippen LogP contribution in [0.15, 0.2) is 0 Å². The number of thiocarbonyl (C=S) groups is 1. The van der Waals surface area contributed by atoms with Crippen molar-refractivity contribution in [3.63, 3.8) is 0 Å². The number of thiol groups is 1. The molecule has 0 saturated heterocycles. The van der Waals surface area contributed by atoms with E-state index >= 15 is 0 Å². The Balaban J connectivity index is 0. The van der Waals surface area contributed by atoms with Crippen molar-refractivity contribution in [2.75, 3.05) is 7.05 Å². The molecule has 0 unspecified atom stereocenters. The first-order valence-electron chi connectivity index (χ1n) is 1.18. The van der Waals surface area contributed by atoms with Crippen molar-refractivity contribution < 1.29 is 0 Å². The van der Waals surface area contributed by atoms with Gasteiger partial charge in [0, 0.05) is 44.8 Å². The number of rotatable bonds is 0. The Labute approximate surface area is 78.3 Å². The summed E-state index contributed by atoms with van der Waals surface area (Å²) >= 11 is 8.17. The summed E-state index contributed by atoms with van der Waals surface area (Å²) in [6, 6.07) is 0. The van der Waals surface area contributed by atoms with E-state index in [4.69, 9.17) is 0 Å². The monoisotopic (exact) mass is 147 g/mol. The van der Waals surface area contributed by atoms with Gasteiger partial charge in [0.15, 0.2) is 0 Å². The Hall–Kier alpha value is 1.50. The van der Waals surface area contributed by atoms with Crippen molar-refractivity contribution in [2.45, 2.75) is 0 Å². The van der Waals surface area contributed by atoms with Crippen molar-refractivity contribution in [1.82, 2.24) is 5.32 Å². The van der Waals surface area contributed by atoms with Gasteiger partial charge in [-0.1, -0.05) is 12.2 Å². The Kier molecular flexibility index (Phi) is 11.3. The molecular weight excluding hydrogens is 142 g/mol. The van der Waals surface area contributed by atoms with E-state index in [-0.39, 0.29) is 37.7 Å². The molecule has 2 radical (unpaired) electrons. The Morgan fingerprint density at radius 2 is 2.00 bits per heavy atom. The molecule has 0 aromatic rings. The molecule has 1 nitrogen and oxygen atoms in total. The summed E-state index contributed by atoms with van der Waals surface area (Å²) in [5.74, 6) is 0. The van der Waals surface area contributed by atoms with Crippen LogP contribution in [0.4, 0.5) is 0 Å². The first-order chi connectivity index (χ1) is 2.27. The van der Waals surface area contributed by atoms with Gasteiger partial charge in [0.2, 0.25) is 0 Å². The quantitative estimate of drug-likeness (QED) is 0.285. The van der Waals surface area contributed by atoms with Gasteiger partial charge in [-0.3, -0.25) is 0 Å². The molecule has 0 fully saturated rings. The molecule has 0 aliphatic carbocycles. The third-order valence-electron chi connectivity index (χ3n) is 0.214. The van der Waals surface area contributed by atoms with E-state index in [9.17, 15) is 0 Å². The van der Waals surface area contributed by atoms with E-state index in [1.165, 1.54) is 0 Å². The third kappa shape index (κ3) is 9.09. The maximum Gasteiger partial charge on any atom is 0.130 e. The van der Waals surface area contributed by atoms with Gasteiger partial charge in [-0.15, -0.1) is 12.6 Å².